The molecule has 17 heavy (non-hydrogen) atoms. The van der Waals surface area contributed by atoms with E-state index in [2.05, 4.69) is 0 Å². The van der Waals surface area contributed by atoms with Gasteiger partial charge in [0.25, 0.3) is 0 Å². The zero-order valence-electron chi connectivity index (χ0n) is 9.27. The monoisotopic (exact) mass is 248 g/mol. The molecule has 0 spiro atoms. The molecule has 0 fully saturated rings. The van der Waals surface area contributed by atoms with Crippen molar-refractivity contribution in [3.8, 4) is 0 Å². The second kappa shape index (κ2) is 5.84. The van der Waals surface area contributed by atoms with Crippen LogP contribution in [0.1, 0.15) is 11.1 Å². The predicted molar refractivity (Wildman–Crippen MR) is 68.3 cm³/mol. The lowest BCUT2D eigenvalue weighted by atomic mass is 10.2. The number of benzene rings is 2. The van der Waals surface area contributed by atoms with E-state index in [1.54, 1.807) is 23.9 Å². The summed E-state index contributed by atoms with van der Waals surface area (Å²) in [7, 11) is 0. The topological polar surface area (TPSA) is 20.2 Å². The predicted octanol–water partition coefficient (Wildman–Crippen LogP) is 3.61. The summed E-state index contributed by atoms with van der Waals surface area (Å²) in [6.45, 7) is 0.0643. The molecule has 0 aromatic heterocycles. The van der Waals surface area contributed by atoms with Gasteiger partial charge in [-0.15, -0.1) is 11.8 Å². The number of aliphatic hydroxyl groups excluding tert-OH is 1. The summed E-state index contributed by atoms with van der Waals surface area (Å²) in [5, 5.41) is 8.92. The number of rotatable bonds is 4. The van der Waals surface area contributed by atoms with Crippen LogP contribution >= 0.6 is 11.8 Å². The van der Waals surface area contributed by atoms with Gasteiger partial charge in [0.05, 0.1) is 6.61 Å². The Hall–Kier alpha value is -1.32. The molecule has 0 radical (unpaired) electrons. The highest BCUT2D eigenvalue weighted by atomic mass is 32.2. The van der Waals surface area contributed by atoms with Crippen LogP contribution in [0, 0.1) is 5.82 Å². The van der Waals surface area contributed by atoms with Crippen molar-refractivity contribution in [2.45, 2.75) is 17.3 Å². The van der Waals surface area contributed by atoms with E-state index in [9.17, 15) is 4.39 Å². The molecular formula is C14H13FOS. The standard InChI is InChI=1S/C14H13FOS/c15-13-3-1-2-12(8-13)10-17-14-6-4-11(9-16)5-7-14/h1-8,16H,9-10H2. The number of aliphatic hydroxyl groups is 1. The first kappa shape index (κ1) is 12.1. The van der Waals surface area contributed by atoms with Gasteiger partial charge in [0.1, 0.15) is 5.82 Å². The molecule has 0 aliphatic carbocycles. The molecule has 0 unspecified atom stereocenters. The van der Waals surface area contributed by atoms with Crippen molar-refractivity contribution in [2.24, 2.45) is 0 Å². The average Bonchev–Trinajstić information content (AvgIpc) is 2.37. The maximum Gasteiger partial charge on any atom is 0.123 e. The largest absolute Gasteiger partial charge is 0.392 e. The van der Waals surface area contributed by atoms with Crippen molar-refractivity contribution >= 4 is 11.8 Å². The highest BCUT2D eigenvalue weighted by Crippen LogP contribution is 2.23. The van der Waals surface area contributed by atoms with E-state index in [0.29, 0.717) is 0 Å². The van der Waals surface area contributed by atoms with E-state index in [-0.39, 0.29) is 12.4 Å². The Bertz CT molecular complexity index is 482. The molecular weight excluding hydrogens is 235 g/mol. The molecule has 88 valence electrons. The fourth-order valence-corrected chi connectivity index (χ4v) is 2.33. The number of thioether (sulfide) groups is 1. The molecule has 2 rings (SSSR count). The Morgan fingerprint density at radius 3 is 2.41 bits per heavy atom. The van der Waals surface area contributed by atoms with Gasteiger partial charge in [-0.2, -0.15) is 0 Å². The lowest BCUT2D eigenvalue weighted by Crippen LogP contribution is -1.84. The lowest BCUT2D eigenvalue weighted by molar-refractivity contribution is 0.282. The van der Waals surface area contributed by atoms with Crippen LogP contribution in [0.4, 0.5) is 4.39 Å². The SMILES string of the molecule is OCc1ccc(SCc2cccc(F)c2)cc1. The van der Waals surface area contributed by atoms with Gasteiger partial charge in [-0.3, -0.25) is 0 Å². The van der Waals surface area contributed by atoms with Crippen molar-refractivity contribution in [3.63, 3.8) is 0 Å². The molecule has 3 heteroatoms. The molecule has 2 aromatic rings. The van der Waals surface area contributed by atoms with Crippen molar-refractivity contribution in [3.05, 3.63) is 65.5 Å². The summed E-state index contributed by atoms with van der Waals surface area (Å²) >= 11 is 1.65. The van der Waals surface area contributed by atoms with Gasteiger partial charge in [-0.25, -0.2) is 4.39 Å². The smallest absolute Gasteiger partial charge is 0.123 e. The average molecular weight is 248 g/mol. The first-order valence-electron chi connectivity index (χ1n) is 5.35. The molecule has 0 saturated heterocycles. The van der Waals surface area contributed by atoms with Crippen molar-refractivity contribution < 1.29 is 9.50 Å². The zero-order valence-corrected chi connectivity index (χ0v) is 10.1. The van der Waals surface area contributed by atoms with Crippen LogP contribution in [-0.4, -0.2) is 5.11 Å². The van der Waals surface area contributed by atoms with E-state index in [4.69, 9.17) is 5.11 Å². The summed E-state index contributed by atoms with van der Waals surface area (Å²) in [4.78, 5) is 1.12. The van der Waals surface area contributed by atoms with Gasteiger partial charge in [0, 0.05) is 10.6 Å². The summed E-state index contributed by atoms with van der Waals surface area (Å²) in [5.41, 5.74) is 1.88. The zero-order chi connectivity index (χ0) is 12.1. The summed E-state index contributed by atoms with van der Waals surface area (Å²) in [6, 6.07) is 14.4. The quantitative estimate of drug-likeness (QED) is 0.834. The maximum atomic E-state index is 13.0. The van der Waals surface area contributed by atoms with Crippen LogP contribution in [-0.2, 0) is 12.4 Å². The number of hydrogen-bond acceptors (Lipinski definition) is 2. The first-order chi connectivity index (χ1) is 8.28. The minimum atomic E-state index is -0.196. The Kier molecular flexibility index (Phi) is 4.18. The van der Waals surface area contributed by atoms with Gasteiger partial charge in [0.2, 0.25) is 0 Å². The fourth-order valence-electron chi connectivity index (χ4n) is 1.48. The van der Waals surface area contributed by atoms with Crippen LogP contribution in [0.2, 0.25) is 0 Å². The second-order valence-corrected chi connectivity index (χ2v) is 4.77. The molecule has 0 aliphatic rings. The van der Waals surface area contributed by atoms with E-state index in [0.717, 1.165) is 21.8 Å². The Labute approximate surface area is 104 Å². The molecule has 0 saturated carbocycles. The lowest BCUT2D eigenvalue weighted by Gasteiger charge is -2.03. The molecule has 2 aromatic carbocycles. The van der Waals surface area contributed by atoms with E-state index >= 15 is 0 Å². The minimum Gasteiger partial charge on any atom is -0.392 e. The number of hydrogen-bond donors (Lipinski definition) is 1. The minimum absolute atomic E-state index is 0.0643. The third kappa shape index (κ3) is 3.58. The third-order valence-corrected chi connectivity index (χ3v) is 3.48. The molecule has 0 atom stereocenters. The normalized spacial score (nSPS) is 10.5. The highest BCUT2D eigenvalue weighted by molar-refractivity contribution is 7.98. The number of halogens is 1. The molecule has 0 aliphatic heterocycles. The molecule has 1 N–H and O–H groups in total. The third-order valence-electron chi connectivity index (χ3n) is 2.40. The molecule has 1 nitrogen and oxygen atoms in total. The summed E-state index contributed by atoms with van der Waals surface area (Å²) < 4.78 is 13.0. The van der Waals surface area contributed by atoms with Crippen molar-refractivity contribution in [2.75, 3.05) is 0 Å². The van der Waals surface area contributed by atoms with Gasteiger partial charge >= 0.3 is 0 Å². The maximum absolute atomic E-state index is 13.0. The molecule has 0 heterocycles. The van der Waals surface area contributed by atoms with Gasteiger partial charge in [-0.05, 0) is 35.4 Å². The summed E-state index contributed by atoms with van der Waals surface area (Å²) in [6.07, 6.45) is 0. The fraction of sp³-hybridized carbons (Fsp3) is 0.143. The van der Waals surface area contributed by atoms with Crippen molar-refractivity contribution in [1.82, 2.24) is 0 Å². The molecule has 0 amide bonds. The van der Waals surface area contributed by atoms with Gasteiger partial charge in [-0.1, -0.05) is 24.3 Å². The van der Waals surface area contributed by atoms with Crippen LogP contribution in [0.5, 0.6) is 0 Å². The van der Waals surface area contributed by atoms with Crippen LogP contribution < -0.4 is 0 Å². The Balaban J connectivity index is 1.97. The Morgan fingerprint density at radius 2 is 1.76 bits per heavy atom. The van der Waals surface area contributed by atoms with Crippen LogP contribution in [0.15, 0.2) is 53.4 Å². The molecule has 0 bridgehead atoms. The first-order valence-corrected chi connectivity index (χ1v) is 6.33. The van der Waals surface area contributed by atoms with E-state index in [1.807, 2.05) is 30.3 Å². The van der Waals surface area contributed by atoms with Crippen molar-refractivity contribution in [1.29, 1.82) is 0 Å². The van der Waals surface area contributed by atoms with Gasteiger partial charge < -0.3 is 5.11 Å². The second-order valence-electron chi connectivity index (χ2n) is 3.72. The van der Waals surface area contributed by atoms with E-state index in [1.165, 1.54) is 6.07 Å². The van der Waals surface area contributed by atoms with Gasteiger partial charge in [0.15, 0.2) is 0 Å². The summed E-state index contributed by atoms with van der Waals surface area (Å²) in [5.74, 6) is 0.551. The highest BCUT2D eigenvalue weighted by Gasteiger charge is 1.98. The van der Waals surface area contributed by atoms with Crippen LogP contribution in [0.3, 0.4) is 0 Å². The van der Waals surface area contributed by atoms with E-state index < -0.39 is 0 Å². The Morgan fingerprint density at radius 1 is 1.00 bits per heavy atom. The van der Waals surface area contributed by atoms with Crippen LogP contribution in [0.25, 0.3) is 0 Å².